The Kier molecular flexibility index (Phi) is 5.11. The third kappa shape index (κ3) is 3.60. The molecule has 32 heavy (non-hydrogen) atoms. The van der Waals surface area contributed by atoms with Crippen LogP contribution in [0.3, 0.4) is 0 Å². The molecule has 3 aromatic carbocycles. The van der Waals surface area contributed by atoms with E-state index in [-0.39, 0.29) is 11.8 Å². The molecule has 6 nitrogen and oxygen atoms in total. The zero-order valence-electron chi connectivity index (χ0n) is 17.7. The summed E-state index contributed by atoms with van der Waals surface area (Å²) in [6.07, 6.45) is 0.803. The molecule has 160 valence electrons. The topological polar surface area (TPSA) is 74.4 Å². The highest BCUT2D eigenvalue weighted by molar-refractivity contribution is 6.07. The first kappa shape index (κ1) is 19.9. The number of carbonyl (C=O) groups is 2. The number of hydrogen-bond acceptors (Lipinski definition) is 3. The first-order valence-electron chi connectivity index (χ1n) is 10.6. The smallest absolute Gasteiger partial charge is 0.267 e. The lowest BCUT2D eigenvalue weighted by Gasteiger charge is -2.17. The van der Waals surface area contributed by atoms with E-state index in [1.807, 2.05) is 65.6 Å². The van der Waals surface area contributed by atoms with Gasteiger partial charge >= 0.3 is 0 Å². The highest BCUT2D eigenvalue weighted by Crippen LogP contribution is 2.30. The first-order valence-corrected chi connectivity index (χ1v) is 10.6. The maximum atomic E-state index is 12.8. The van der Waals surface area contributed by atoms with Crippen LogP contribution in [-0.2, 0) is 13.0 Å². The van der Waals surface area contributed by atoms with Gasteiger partial charge in [-0.1, -0.05) is 36.4 Å². The van der Waals surface area contributed by atoms with Crippen molar-refractivity contribution in [3.63, 3.8) is 0 Å². The second kappa shape index (κ2) is 8.23. The fraction of sp³-hybridized carbons (Fsp3) is 0.154. The second-order valence-corrected chi connectivity index (χ2v) is 7.82. The normalized spacial score (nSPS) is 12.6. The third-order valence-electron chi connectivity index (χ3n) is 5.85. The molecular formula is C26H23N3O3. The summed E-state index contributed by atoms with van der Waals surface area (Å²) in [5, 5.41) is 3.85. The molecule has 1 aliphatic heterocycles. The van der Waals surface area contributed by atoms with Crippen molar-refractivity contribution in [3.8, 4) is 5.75 Å². The maximum Gasteiger partial charge on any atom is 0.267 e. The van der Waals surface area contributed by atoms with Crippen molar-refractivity contribution >= 4 is 28.4 Å². The van der Waals surface area contributed by atoms with Crippen molar-refractivity contribution in [2.75, 3.05) is 18.6 Å². The van der Waals surface area contributed by atoms with Crippen LogP contribution in [0.2, 0.25) is 0 Å². The van der Waals surface area contributed by atoms with Crippen LogP contribution in [0.15, 0.2) is 72.8 Å². The van der Waals surface area contributed by atoms with Gasteiger partial charge in [0.1, 0.15) is 11.4 Å². The van der Waals surface area contributed by atoms with Crippen LogP contribution in [0.5, 0.6) is 5.75 Å². The Morgan fingerprint density at radius 3 is 2.69 bits per heavy atom. The van der Waals surface area contributed by atoms with Crippen molar-refractivity contribution in [2.24, 2.45) is 0 Å². The van der Waals surface area contributed by atoms with E-state index in [1.165, 1.54) is 0 Å². The number of benzene rings is 3. The Labute approximate surface area is 185 Å². The van der Waals surface area contributed by atoms with Crippen molar-refractivity contribution in [1.82, 2.24) is 10.3 Å². The molecule has 2 amide bonds. The van der Waals surface area contributed by atoms with E-state index in [9.17, 15) is 9.59 Å². The molecule has 0 atom stereocenters. The summed E-state index contributed by atoms with van der Waals surface area (Å²) >= 11 is 0. The monoisotopic (exact) mass is 425 g/mol. The summed E-state index contributed by atoms with van der Waals surface area (Å²) < 4.78 is 5.37. The van der Waals surface area contributed by atoms with Gasteiger partial charge in [0.05, 0.1) is 7.11 Å². The van der Waals surface area contributed by atoms with Gasteiger partial charge in [0.25, 0.3) is 11.8 Å². The average molecular weight is 425 g/mol. The van der Waals surface area contributed by atoms with Crippen LogP contribution in [0.25, 0.3) is 10.9 Å². The van der Waals surface area contributed by atoms with Crippen molar-refractivity contribution < 1.29 is 14.3 Å². The lowest BCUT2D eigenvalue weighted by atomic mass is 10.1. The quantitative estimate of drug-likeness (QED) is 0.500. The summed E-state index contributed by atoms with van der Waals surface area (Å²) in [6, 6.07) is 22.8. The number of rotatable bonds is 5. The number of nitrogens with zero attached hydrogens (tertiary/aromatic N) is 1. The molecule has 2 heterocycles. The lowest BCUT2D eigenvalue weighted by Crippen LogP contribution is -2.28. The number of anilines is 1. The minimum absolute atomic E-state index is 0.0136. The number of aromatic nitrogens is 1. The van der Waals surface area contributed by atoms with Crippen LogP contribution >= 0.6 is 0 Å². The van der Waals surface area contributed by atoms with Gasteiger partial charge in [0.2, 0.25) is 0 Å². The average Bonchev–Trinajstić information content (AvgIpc) is 3.46. The fourth-order valence-corrected chi connectivity index (χ4v) is 4.22. The van der Waals surface area contributed by atoms with Crippen molar-refractivity contribution in [3.05, 3.63) is 95.2 Å². The second-order valence-electron chi connectivity index (χ2n) is 7.82. The fourth-order valence-electron chi connectivity index (χ4n) is 4.22. The van der Waals surface area contributed by atoms with Gasteiger partial charge in [-0.2, -0.15) is 0 Å². The molecule has 5 rings (SSSR count). The largest absolute Gasteiger partial charge is 0.496 e. The molecule has 1 aliphatic rings. The molecule has 0 aliphatic carbocycles. The number of aromatic amines is 1. The highest BCUT2D eigenvalue weighted by Gasteiger charge is 2.25. The summed E-state index contributed by atoms with van der Waals surface area (Å²) in [5.74, 6) is 0.565. The van der Waals surface area contributed by atoms with Crippen LogP contribution in [-0.4, -0.2) is 30.5 Å². The molecule has 0 unspecified atom stereocenters. The molecular weight excluding hydrogens is 402 g/mol. The SMILES string of the molecule is COc1cccc2[nH]c(C(=O)NCc3ccc4c(c3)CCN4C(=O)c3ccccc3)cc12. The molecule has 2 N–H and O–H groups in total. The molecule has 4 aromatic rings. The van der Waals surface area contributed by atoms with Gasteiger partial charge < -0.3 is 19.9 Å². The Hall–Kier alpha value is -4.06. The number of ether oxygens (including phenoxy) is 1. The zero-order chi connectivity index (χ0) is 22.1. The summed E-state index contributed by atoms with van der Waals surface area (Å²) in [5.41, 5.74) is 5.10. The van der Waals surface area contributed by atoms with E-state index < -0.39 is 0 Å². The van der Waals surface area contributed by atoms with Gasteiger partial charge in [-0.3, -0.25) is 9.59 Å². The molecule has 1 aromatic heterocycles. The summed E-state index contributed by atoms with van der Waals surface area (Å²) in [4.78, 5) is 30.5. The molecule has 0 spiro atoms. The van der Waals surface area contributed by atoms with Crippen LogP contribution in [0.4, 0.5) is 5.69 Å². The van der Waals surface area contributed by atoms with Crippen molar-refractivity contribution in [2.45, 2.75) is 13.0 Å². The maximum absolute atomic E-state index is 12.8. The Balaban J connectivity index is 1.28. The molecule has 0 bridgehead atoms. The predicted octanol–water partition coefficient (Wildman–Crippen LogP) is 4.31. The summed E-state index contributed by atoms with van der Waals surface area (Å²) in [7, 11) is 1.61. The summed E-state index contributed by atoms with van der Waals surface area (Å²) in [6.45, 7) is 1.07. The van der Waals surface area contributed by atoms with Crippen LogP contribution < -0.4 is 15.0 Å². The minimum Gasteiger partial charge on any atom is -0.496 e. The Morgan fingerprint density at radius 2 is 1.88 bits per heavy atom. The molecule has 0 fully saturated rings. The van der Waals surface area contributed by atoms with Gasteiger partial charge in [-0.05, 0) is 53.9 Å². The first-order chi connectivity index (χ1) is 15.6. The number of amides is 2. The van der Waals surface area contributed by atoms with Gasteiger partial charge in [0, 0.05) is 35.2 Å². The Bertz CT molecular complexity index is 1310. The number of nitrogens with one attached hydrogen (secondary N) is 2. The minimum atomic E-state index is -0.176. The van der Waals surface area contributed by atoms with Gasteiger partial charge in [-0.15, -0.1) is 0 Å². The third-order valence-corrected chi connectivity index (χ3v) is 5.85. The number of methoxy groups -OCH3 is 1. The van der Waals surface area contributed by atoms with E-state index in [1.54, 1.807) is 13.2 Å². The molecule has 0 radical (unpaired) electrons. The van der Waals surface area contributed by atoms with Crippen LogP contribution in [0, 0.1) is 0 Å². The van der Waals surface area contributed by atoms with Crippen LogP contribution in [0.1, 0.15) is 32.0 Å². The van der Waals surface area contributed by atoms with Gasteiger partial charge in [-0.25, -0.2) is 0 Å². The molecule has 6 heteroatoms. The Morgan fingerprint density at radius 1 is 1.03 bits per heavy atom. The zero-order valence-corrected chi connectivity index (χ0v) is 17.7. The van der Waals surface area contributed by atoms with E-state index in [0.717, 1.165) is 39.9 Å². The standard InChI is InChI=1S/C26H23N3O3/c1-32-24-9-5-8-21-20(24)15-22(28-21)25(30)27-16-17-10-11-23-19(14-17)12-13-29(23)26(31)18-6-3-2-4-7-18/h2-11,14-15,28H,12-13,16H2,1H3,(H,27,30). The number of H-pyrrole nitrogens is 1. The number of carbonyl (C=O) groups excluding carboxylic acids is 2. The molecule has 0 saturated heterocycles. The molecule has 0 saturated carbocycles. The van der Waals surface area contributed by atoms with E-state index >= 15 is 0 Å². The van der Waals surface area contributed by atoms with Crippen molar-refractivity contribution in [1.29, 1.82) is 0 Å². The number of fused-ring (bicyclic) bond motifs is 2. The van der Waals surface area contributed by atoms with E-state index in [4.69, 9.17) is 4.74 Å². The van der Waals surface area contributed by atoms with E-state index in [0.29, 0.717) is 24.3 Å². The van der Waals surface area contributed by atoms with E-state index in [2.05, 4.69) is 16.4 Å². The lowest BCUT2D eigenvalue weighted by molar-refractivity contribution is 0.0945. The predicted molar refractivity (Wildman–Crippen MR) is 124 cm³/mol. The highest BCUT2D eigenvalue weighted by atomic mass is 16.5. The number of hydrogen-bond donors (Lipinski definition) is 2. The van der Waals surface area contributed by atoms with Gasteiger partial charge in [0.15, 0.2) is 0 Å².